The van der Waals surface area contributed by atoms with Gasteiger partial charge in [0.15, 0.2) is 0 Å². The molecule has 0 aromatic rings. The molecule has 17 heavy (non-hydrogen) atoms. The maximum Gasteiger partial charge on any atom is 0.0846 e. The van der Waals surface area contributed by atoms with E-state index in [2.05, 4.69) is 26.0 Å². The Hall–Kier alpha value is -0.640. The molecule has 2 fully saturated rings. The molecule has 0 saturated carbocycles. The lowest BCUT2D eigenvalue weighted by Crippen LogP contribution is -1.95. The van der Waals surface area contributed by atoms with Gasteiger partial charge >= 0.3 is 0 Å². The van der Waals surface area contributed by atoms with Crippen LogP contribution in [0.15, 0.2) is 23.3 Å². The molecule has 0 aromatic heterocycles. The highest BCUT2D eigenvalue weighted by Gasteiger charge is 2.22. The summed E-state index contributed by atoms with van der Waals surface area (Å²) in [4.78, 5) is 0. The minimum atomic E-state index is 0.479. The van der Waals surface area contributed by atoms with Gasteiger partial charge in [0.1, 0.15) is 0 Å². The van der Waals surface area contributed by atoms with Crippen LogP contribution in [0.5, 0.6) is 0 Å². The summed E-state index contributed by atoms with van der Waals surface area (Å²) in [7, 11) is 0. The molecule has 0 amide bonds. The van der Waals surface area contributed by atoms with Crippen molar-refractivity contribution in [3.8, 4) is 0 Å². The topological polar surface area (TPSA) is 34.3 Å². The molecular weight excluding hydrogens is 216 g/mol. The third-order valence-corrected chi connectivity index (χ3v) is 3.00. The van der Waals surface area contributed by atoms with Gasteiger partial charge in [-0.2, -0.15) is 0 Å². The predicted octanol–water partition coefficient (Wildman–Crippen LogP) is 2.47. The lowest BCUT2D eigenvalue weighted by molar-refractivity contribution is 0.192. The molecule has 0 radical (unpaired) electrons. The maximum absolute atomic E-state index is 5.54. The second-order valence-electron chi connectivity index (χ2n) is 4.96. The second kappa shape index (κ2) is 6.34. The van der Waals surface area contributed by atoms with Gasteiger partial charge in [-0.25, -0.2) is 0 Å². The van der Waals surface area contributed by atoms with E-state index in [1.165, 1.54) is 11.1 Å². The van der Waals surface area contributed by atoms with Crippen molar-refractivity contribution in [3.63, 3.8) is 0 Å². The molecule has 2 unspecified atom stereocenters. The Bertz CT molecular complexity index is 269. The molecule has 0 aliphatic carbocycles. The van der Waals surface area contributed by atoms with Crippen LogP contribution in [0.4, 0.5) is 0 Å². The van der Waals surface area contributed by atoms with Gasteiger partial charge in [0.05, 0.1) is 38.6 Å². The number of epoxide rings is 2. The first-order valence-electron chi connectivity index (χ1n) is 6.36. The molecule has 3 nitrogen and oxygen atoms in total. The summed E-state index contributed by atoms with van der Waals surface area (Å²) in [5, 5.41) is 0. The largest absolute Gasteiger partial charge is 0.373 e. The first kappa shape index (κ1) is 12.8. The quantitative estimate of drug-likeness (QED) is 0.370. The summed E-state index contributed by atoms with van der Waals surface area (Å²) < 4.78 is 15.9. The molecule has 3 heteroatoms. The summed E-state index contributed by atoms with van der Waals surface area (Å²) in [5.41, 5.74) is 2.72. The molecule has 96 valence electrons. The fourth-order valence-corrected chi connectivity index (χ4v) is 1.73. The third-order valence-electron chi connectivity index (χ3n) is 3.00. The van der Waals surface area contributed by atoms with E-state index in [4.69, 9.17) is 14.2 Å². The molecule has 2 rings (SSSR count). The van der Waals surface area contributed by atoms with E-state index >= 15 is 0 Å². The molecule has 2 saturated heterocycles. The van der Waals surface area contributed by atoms with E-state index in [0.29, 0.717) is 25.4 Å². The number of ether oxygens (including phenoxy) is 3. The van der Waals surface area contributed by atoms with Crippen LogP contribution < -0.4 is 0 Å². The molecule has 2 heterocycles. The zero-order valence-electron chi connectivity index (χ0n) is 10.8. The number of hydrogen-bond acceptors (Lipinski definition) is 3. The van der Waals surface area contributed by atoms with Crippen molar-refractivity contribution in [1.29, 1.82) is 0 Å². The monoisotopic (exact) mass is 238 g/mol. The van der Waals surface area contributed by atoms with E-state index < -0.39 is 0 Å². The van der Waals surface area contributed by atoms with Crippen LogP contribution in [0.3, 0.4) is 0 Å². The standard InChI is InChI=1S/C14H22O3/c1-11(7-13-9-16-13)3-5-15-6-4-12(2)8-14-10-17-14/h3-4,13-14H,5-10H2,1-2H3. The molecule has 0 N–H and O–H groups in total. The zero-order chi connectivity index (χ0) is 12.1. The molecule has 2 atom stereocenters. The molecular formula is C14H22O3. The van der Waals surface area contributed by atoms with Gasteiger partial charge < -0.3 is 14.2 Å². The highest BCUT2D eigenvalue weighted by atomic mass is 16.6. The Labute approximate surface area is 103 Å². The number of hydrogen-bond donors (Lipinski definition) is 0. The van der Waals surface area contributed by atoms with Gasteiger partial charge in [0.2, 0.25) is 0 Å². The Morgan fingerprint density at radius 3 is 1.76 bits per heavy atom. The Morgan fingerprint density at radius 2 is 1.41 bits per heavy atom. The van der Waals surface area contributed by atoms with Crippen molar-refractivity contribution in [3.05, 3.63) is 23.3 Å². The molecule has 0 spiro atoms. The van der Waals surface area contributed by atoms with Crippen LogP contribution in [0.25, 0.3) is 0 Å². The van der Waals surface area contributed by atoms with Crippen LogP contribution in [-0.4, -0.2) is 38.6 Å². The van der Waals surface area contributed by atoms with Crippen LogP contribution in [0.1, 0.15) is 26.7 Å². The van der Waals surface area contributed by atoms with Gasteiger partial charge in [-0.3, -0.25) is 0 Å². The molecule has 0 bridgehead atoms. The summed E-state index contributed by atoms with van der Waals surface area (Å²) >= 11 is 0. The zero-order valence-corrected chi connectivity index (χ0v) is 10.8. The van der Waals surface area contributed by atoms with Crippen molar-refractivity contribution < 1.29 is 14.2 Å². The van der Waals surface area contributed by atoms with E-state index in [0.717, 1.165) is 26.1 Å². The minimum Gasteiger partial charge on any atom is -0.373 e. The van der Waals surface area contributed by atoms with Crippen molar-refractivity contribution in [2.45, 2.75) is 38.9 Å². The Morgan fingerprint density at radius 1 is 1.00 bits per heavy atom. The number of rotatable bonds is 8. The molecule has 0 aromatic carbocycles. The van der Waals surface area contributed by atoms with Gasteiger partial charge in [0, 0.05) is 0 Å². The molecule has 2 aliphatic rings. The summed E-state index contributed by atoms with van der Waals surface area (Å²) in [6.07, 6.45) is 7.36. The van der Waals surface area contributed by atoms with Crippen molar-refractivity contribution in [1.82, 2.24) is 0 Å². The van der Waals surface area contributed by atoms with Gasteiger partial charge in [0.25, 0.3) is 0 Å². The fraction of sp³-hybridized carbons (Fsp3) is 0.714. The van der Waals surface area contributed by atoms with Crippen molar-refractivity contribution in [2.75, 3.05) is 26.4 Å². The second-order valence-corrected chi connectivity index (χ2v) is 4.96. The third kappa shape index (κ3) is 6.01. The van der Waals surface area contributed by atoms with E-state index in [9.17, 15) is 0 Å². The van der Waals surface area contributed by atoms with E-state index in [-0.39, 0.29) is 0 Å². The van der Waals surface area contributed by atoms with Crippen LogP contribution >= 0.6 is 0 Å². The Kier molecular flexibility index (Phi) is 4.77. The molecule has 2 aliphatic heterocycles. The SMILES string of the molecule is CC(=CCOCC=C(C)CC1CO1)CC1CO1. The van der Waals surface area contributed by atoms with Crippen LogP contribution in [-0.2, 0) is 14.2 Å². The minimum absolute atomic E-state index is 0.479. The average molecular weight is 238 g/mol. The summed E-state index contributed by atoms with van der Waals surface area (Å²) in [5.74, 6) is 0. The normalized spacial score (nSPS) is 28.4. The van der Waals surface area contributed by atoms with Gasteiger partial charge in [-0.15, -0.1) is 0 Å². The van der Waals surface area contributed by atoms with Gasteiger partial charge in [-0.05, 0) is 26.7 Å². The Balaban J connectivity index is 1.52. The highest BCUT2D eigenvalue weighted by Crippen LogP contribution is 2.19. The highest BCUT2D eigenvalue weighted by molar-refractivity contribution is 5.03. The summed E-state index contributed by atoms with van der Waals surface area (Å²) in [6.45, 7) is 7.52. The van der Waals surface area contributed by atoms with Gasteiger partial charge in [-0.1, -0.05) is 23.3 Å². The smallest absolute Gasteiger partial charge is 0.0846 e. The van der Waals surface area contributed by atoms with E-state index in [1.807, 2.05) is 0 Å². The van der Waals surface area contributed by atoms with Crippen molar-refractivity contribution >= 4 is 0 Å². The first-order chi connectivity index (χ1) is 8.24. The van der Waals surface area contributed by atoms with Crippen LogP contribution in [0.2, 0.25) is 0 Å². The lowest BCUT2D eigenvalue weighted by Gasteiger charge is -2.01. The van der Waals surface area contributed by atoms with E-state index in [1.54, 1.807) is 0 Å². The first-order valence-corrected chi connectivity index (χ1v) is 6.36. The maximum atomic E-state index is 5.54. The average Bonchev–Trinajstić information content (AvgIpc) is 3.13. The van der Waals surface area contributed by atoms with Crippen molar-refractivity contribution in [2.24, 2.45) is 0 Å². The predicted molar refractivity (Wildman–Crippen MR) is 67.0 cm³/mol. The fourth-order valence-electron chi connectivity index (χ4n) is 1.73. The summed E-state index contributed by atoms with van der Waals surface area (Å²) in [6, 6.07) is 0. The lowest BCUT2D eigenvalue weighted by atomic mass is 10.1. The van der Waals surface area contributed by atoms with Crippen LogP contribution in [0, 0.1) is 0 Å².